The molecule has 1 aliphatic heterocycles. The minimum Gasteiger partial charge on any atom is -0.382 e. The molecule has 0 bridgehead atoms. The van der Waals surface area contributed by atoms with Gasteiger partial charge in [0.2, 0.25) is 5.91 Å². The molecule has 1 saturated heterocycles. The van der Waals surface area contributed by atoms with Gasteiger partial charge in [-0.2, -0.15) is 0 Å². The van der Waals surface area contributed by atoms with Gasteiger partial charge in [0.25, 0.3) is 0 Å². The number of nitrogens with one attached hydrogen (secondary N) is 1. The van der Waals surface area contributed by atoms with Crippen molar-refractivity contribution >= 4 is 17.3 Å². The smallest absolute Gasteiger partial charge is 0.227 e. The maximum Gasteiger partial charge on any atom is 0.227 e. The molecule has 2 aliphatic rings. The molecule has 0 radical (unpaired) electrons. The molecule has 3 heteroatoms. The summed E-state index contributed by atoms with van der Waals surface area (Å²) < 4.78 is 0. The van der Waals surface area contributed by atoms with E-state index in [0.717, 1.165) is 24.3 Å². The summed E-state index contributed by atoms with van der Waals surface area (Å²) in [6.45, 7) is 5.59. The fraction of sp³-hybridized carbons (Fsp3) is 0.611. The lowest BCUT2D eigenvalue weighted by atomic mass is 9.75. The van der Waals surface area contributed by atoms with E-state index >= 15 is 0 Å². The highest BCUT2D eigenvalue weighted by Gasteiger charge is 2.27. The number of carbonyl (C=O) groups excluding carboxylic acids is 1. The summed E-state index contributed by atoms with van der Waals surface area (Å²) >= 11 is 0. The number of amides is 1. The van der Waals surface area contributed by atoms with E-state index < -0.39 is 0 Å². The Kier molecular flexibility index (Phi) is 3.92. The zero-order chi connectivity index (χ0) is 14.9. The van der Waals surface area contributed by atoms with Gasteiger partial charge in [0.1, 0.15) is 0 Å². The zero-order valence-electron chi connectivity index (χ0n) is 13.2. The molecule has 0 unspecified atom stereocenters. The third kappa shape index (κ3) is 3.39. The lowest BCUT2D eigenvalue weighted by Gasteiger charge is -2.35. The lowest BCUT2D eigenvalue weighted by Crippen LogP contribution is -2.30. The first-order chi connectivity index (χ1) is 10.0. The highest BCUT2D eigenvalue weighted by Crippen LogP contribution is 2.36. The van der Waals surface area contributed by atoms with Crippen LogP contribution in [0, 0.1) is 5.41 Å². The van der Waals surface area contributed by atoms with Gasteiger partial charge in [0, 0.05) is 30.4 Å². The first-order valence-corrected chi connectivity index (χ1v) is 8.20. The van der Waals surface area contributed by atoms with Crippen LogP contribution in [0.25, 0.3) is 0 Å². The van der Waals surface area contributed by atoms with Gasteiger partial charge in [-0.25, -0.2) is 0 Å². The summed E-state index contributed by atoms with van der Waals surface area (Å²) in [6.07, 6.45) is 6.72. The minimum atomic E-state index is 0.256. The summed E-state index contributed by atoms with van der Waals surface area (Å²) in [5.74, 6) is 0.256. The number of nitrogens with zero attached hydrogens (tertiary/aromatic N) is 1. The summed E-state index contributed by atoms with van der Waals surface area (Å²) in [5.41, 5.74) is 2.69. The van der Waals surface area contributed by atoms with Crippen molar-refractivity contribution in [1.29, 1.82) is 0 Å². The molecule has 3 nitrogen and oxygen atoms in total. The fourth-order valence-corrected chi connectivity index (χ4v) is 3.46. The molecular weight excluding hydrogens is 260 g/mol. The molecule has 2 fully saturated rings. The summed E-state index contributed by atoms with van der Waals surface area (Å²) in [7, 11) is 0. The van der Waals surface area contributed by atoms with E-state index in [-0.39, 0.29) is 5.91 Å². The van der Waals surface area contributed by atoms with Crippen LogP contribution in [0.3, 0.4) is 0 Å². The topological polar surface area (TPSA) is 32.3 Å². The van der Waals surface area contributed by atoms with Crippen LogP contribution < -0.4 is 10.2 Å². The molecule has 0 spiro atoms. The highest BCUT2D eigenvalue weighted by molar-refractivity contribution is 5.95. The van der Waals surface area contributed by atoms with E-state index in [1.807, 2.05) is 11.0 Å². The SMILES string of the molecule is CC1(C)CCC(Nc2cccc(N3CCCC3=O)c2)CC1. The summed E-state index contributed by atoms with van der Waals surface area (Å²) in [6, 6.07) is 8.91. The Balaban J connectivity index is 1.65. The Hall–Kier alpha value is -1.51. The standard InChI is InChI=1S/C18H26N2O/c1-18(2)10-8-14(9-11-18)19-15-5-3-6-16(13-15)20-12-4-7-17(20)21/h3,5-6,13-14,19H,4,7-12H2,1-2H3. The maximum absolute atomic E-state index is 11.9. The third-order valence-corrected chi connectivity index (χ3v) is 4.94. The van der Waals surface area contributed by atoms with Crippen molar-refractivity contribution in [3.8, 4) is 0 Å². The number of hydrogen-bond donors (Lipinski definition) is 1. The molecule has 0 aromatic heterocycles. The second kappa shape index (κ2) is 5.70. The van der Waals surface area contributed by atoms with Gasteiger partial charge in [-0.05, 0) is 55.7 Å². The van der Waals surface area contributed by atoms with Crippen molar-refractivity contribution in [2.75, 3.05) is 16.8 Å². The van der Waals surface area contributed by atoms with Crippen molar-refractivity contribution in [2.24, 2.45) is 5.41 Å². The molecular formula is C18H26N2O. The van der Waals surface area contributed by atoms with Gasteiger partial charge in [0.15, 0.2) is 0 Å². The van der Waals surface area contributed by atoms with Crippen LogP contribution in [0.5, 0.6) is 0 Å². The number of carbonyl (C=O) groups is 1. The molecule has 1 heterocycles. The monoisotopic (exact) mass is 286 g/mol. The third-order valence-electron chi connectivity index (χ3n) is 4.94. The van der Waals surface area contributed by atoms with E-state index in [0.29, 0.717) is 17.9 Å². The van der Waals surface area contributed by atoms with Crippen molar-refractivity contribution in [3.63, 3.8) is 0 Å². The average Bonchev–Trinajstić information content (AvgIpc) is 2.88. The lowest BCUT2D eigenvalue weighted by molar-refractivity contribution is -0.117. The fourth-order valence-electron chi connectivity index (χ4n) is 3.46. The maximum atomic E-state index is 11.9. The van der Waals surface area contributed by atoms with Gasteiger partial charge >= 0.3 is 0 Å². The van der Waals surface area contributed by atoms with Crippen LogP contribution >= 0.6 is 0 Å². The second-order valence-electron chi connectivity index (χ2n) is 7.28. The van der Waals surface area contributed by atoms with Gasteiger partial charge < -0.3 is 10.2 Å². The van der Waals surface area contributed by atoms with E-state index in [1.165, 1.54) is 25.7 Å². The predicted molar refractivity (Wildman–Crippen MR) is 87.7 cm³/mol. The van der Waals surface area contributed by atoms with Crippen molar-refractivity contribution in [3.05, 3.63) is 24.3 Å². The molecule has 1 aromatic rings. The van der Waals surface area contributed by atoms with E-state index in [4.69, 9.17) is 0 Å². The Morgan fingerprint density at radius 3 is 2.67 bits per heavy atom. The number of benzene rings is 1. The van der Waals surface area contributed by atoms with Gasteiger partial charge in [-0.3, -0.25) is 4.79 Å². The summed E-state index contributed by atoms with van der Waals surface area (Å²) in [4.78, 5) is 13.8. The van der Waals surface area contributed by atoms with Gasteiger partial charge in [0.05, 0.1) is 0 Å². The van der Waals surface area contributed by atoms with Gasteiger partial charge in [-0.15, -0.1) is 0 Å². The van der Waals surface area contributed by atoms with E-state index in [1.54, 1.807) is 0 Å². The van der Waals surface area contributed by atoms with Gasteiger partial charge in [-0.1, -0.05) is 19.9 Å². The molecule has 1 aliphatic carbocycles. The molecule has 1 aromatic carbocycles. The normalized spacial score (nSPS) is 22.6. The number of hydrogen-bond acceptors (Lipinski definition) is 2. The Morgan fingerprint density at radius 2 is 2.00 bits per heavy atom. The summed E-state index contributed by atoms with van der Waals surface area (Å²) in [5, 5.41) is 3.66. The first-order valence-electron chi connectivity index (χ1n) is 8.20. The van der Waals surface area contributed by atoms with Crippen LogP contribution in [0.4, 0.5) is 11.4 Å². The largest absolute Gasteiger partial charge is 0.382 e. The van der Waals surface area contributed by atoms with Crippen LogP contribution in [0.1, 0.15) is 52.4 Å². The number of rotatable bonds is 3. The zero-order valence-corrected chi connectivity index (χ0v) is 13.2. The molecule has 3 rings (SSSR count). The predicted octanol–water partition coefficient (Wildman–Crippen LogP) is 4.19. The first kappa shape index (κ1) is 14.4. The van der Waals surface area contributed by atoms with Crippen LogP contribution in [-0.4, -0.2) is 18.5 Å². The Labute approximate surface area is 127 Å². The quantitative estimate of drug-likeness (QED) is 0.903. The second-order valence-corrected chi connectivity index (χ2v) is 7.28. The average molecular weight is 286 g/mol. The van der Waals surface area contributed by atoms with Crippen LogP contribution in [0.2, 0.25) is 0 Å². The number of anilines is 2. The minimum absolute atomic E-state index is 0.256. The molecule has 114 valence electrons. The molecule has 0 atom stereocenters. The van der Waals surface area contributed by atoms with Crippen LogP contribution in [0.15, 0.2) is 24.3 Å². The van der Waals surface area contributed by atoms with E-state index in [2.05, 4.69) is 37.4 Å². The van der Waals surface area contributed by atoms with E-state index in [9.17, 15) is 4.79 Å². The molecule has 1 N–H and O–H groups in total. The Morgan fingerprint density at radius 1 is 1.24 bits per heavy atom. The Bertz CT molecular complexity index is 514. The molecule has 1 saturated carbocycles. The van der Waals surface area contributed by atoms with Crippen molar-refractivity contribution < 1.29 is 4.79 Å². The van der Waals surface area contributed by atoms with Crippen molar-refractivity contribution in [2.45, 2.75) is 58.4 Å². The molecule has 1 amide bonds. The molecule has 21 heavy (non-hydrogen) atoms. The highest BCUT2D eigenvalue weighted by atomic mass is 16.2. The van der Waals surface area contributed by atoms with Crippen molar-refractivity contribution in [1.82, 2.24) is 0 Å². The van der Waals surface area contributed by atoms with Crippen LogP contribution in [-0.2, 0) is 4.79 Å².